The first kappa shape index (κ1) is 20.0. The van der Waals surface area contributed by atoms with Gasteiger partial charge in [-0.2, -0.15) is 0 Å². The Morgan fingerprint density at radius 1 is 1.11 bits per heavy atom. The fourth-order valence-electron chi connectivity index (χ4n) is 2.61. The van der Waals surface area contributed by atoms with E-state index < -0.39 is 40.7 Å². The summed E-state index contributed by atoms with van der Waals surface area (Å²) in [5.74, 6) is -1.79. The molecule has 1 aliphatic rings. The van der Waals surface area contributed by atoms with E-state index in [-0.39, 0.29) is 23.5 Å². The van der Waals surface area contributed by atoms with Gasteiger partial charge < -0.3 is 14.5 Å². The van der Waals surface area contributed by atoms with Crippen molar-refractivity contribution in [2.75, 3.05) is 40.4 Å². The highest BCUT2D eigenvalue weighted by Gasteiger charge is 2.42. The highest BCUT2D eigenvalue weighted by atomic mass is 16.9. The van der Waals surface area contributed by atoms with Crippen LogP contribution in [-0.2, 0) is 4.84 Å². The normalized spacial score (nSPS) is 13.1. The van der Waals surface area contributed by atoms with Gasteiger partial charge in [-0.25, -0.2) is 0 Å². The molecule has 1 aliphatic heterocycles. The second-order valence-corrected chi connectivity index (χ2v) is 5.92. The van der Waals surface area contributed by atoms with Crippen molar-refractivity contribution in [1.29, 1.82) is 0 Å². The second-order valence-electron chi connectivity index (χ2n) is 5.92. The first-order valence-electron chi connectivity index (χ1n) is 7.96. The lowest BCUT2D eigenvalue weighted by molar-refractivity contribution is -0.757. The van der Waals surface area contributed by atoms with Crippen LogP contribution in [0.15, 0.2) is 12.1 Å². The summed E-state index contributed by atoms with van der Waals surface area (Å²) >= 11 is 0. The Morgan fingerprint density at radius 2 is 1.81 bits per heavy atom. The Kier molecular flexibility index (Phi) is 6.23. The van der Waals surface area contributed by atoms with Gasteiger partial charge in [0, 0.05) is 6.54 Å². The predicted molar refractivity (Wildman–Crippen MR) is 90.1 cm³/mol. The van der Waals surface area contributed by atoms with Gasteiger partial charge in [0.1, 0.15) is 12.2 Å². The Hall–Kier alpha value is -3.28. The van der Waals surface area contributed by atoms with Crippen LogP contribution in [0.3, 0.4) is 0 Å². The van der Waals surface area contributed by atoms with Crippen LogP contribution >= 0.6 is 0 Å². The summed E-state index contributed by atoms with van der Waals surface area (Å²) in [5.41, 5.74) is -1.11. The molecule has 1 aromatic rings. The van der Waals surface area contributed by atoms with Crippen LogP contribution in [0, 0.1) is 20.2 Å². The van der Waals surface area contributed by atoms with Crippen molar-refractivity contribution in [3.8, 4) is 5.75 Å². The van der Waals surface area contributed by atoms with E-state index in [0.29, 0.717) is 17.9 Å². The van der Waals surface area contributed by atoms with Gasteiger partial charge in [0.25, 0.3) is 16.9 Å². The minimum atomic E-state index is -1.06. The van der Waals surface area contributed by atoms with E-state index in [1.807, 2.05) is 19.0 Å². The quantitative estimate of drug-likeness (QED) is 0.247. The van der Waals surface area contributed by atoms with Gasteiger partial charge in [0.15, 0.2) is 5.75 Å². The van der Waals surface area contributed by atoms with Crippen LogP contribution in [0.4, 0.5) is 5.69 Å². The molecule has 0 N–H and O–H groups in total. The van der Waals surface area contributed by atoms with E-state index in [1.165, 1.54) is 12.1 Å². The molecule has 12 heteroatoms. The number of imide groups is 1. The Labute approximate surface area is 153 Å². The SMILES string of the molecule is CN(C)CCCOc1ccc2c(c1[N+](=O)[O-])C(=O)N(CCO[N+](=O)[O-])C2=O. The summed E-state index contributed by atoms with van der Waals surface area (Å²) in [6.07, 6.45) is 0.610. The number of hydrogen-bond donors (Lipinski definition) is 0. The number of nitrogens with zero attached hydrogens (tertiary/aromatic N) is 4. The van der Waals surface area contributed by atoms with Crippen LogP contribution in [0.5, 0.6) is 5.75 Å². The zero-order valence-electron chi connectivity index (χ0n) is 14.7. The number of carbonyl (C=O) groups is 2. The lowest BCUT2D eigenvalue weighted by Crippen LogP contribution is -2.33. The monoisotopic (exact) mass is 382 g/mol. The highest BCUT2D eigenvalue weighted by molar-refractivity contribution is 6.23. The summed E-state index contributed by atoms with van der Waals surface area (Å²) in [4.78, 5) is 52.4. The number of hydrogen-bond acceptors (Lipinski definition) is 9. The minimum absolute atomic E-state index is 0.109. The maximum Gasteiger partial charge on any atom is 0.324 e. The molecule has 0 radical (unpaired) electrons. The number of benzene rings is 1. The van der Waals surface area contributed by atoms with Crippen LogP contribution in [0.25, 0.3) is 0 Å². The predicted octanol–water partition coefficient (Wildman–Crippen LogP) is 0.730. The smallest absolute Gasteiger partial charge is 0.324 e. The number of carbonyl (C=O) groups excluding carboxylic acids is 2. The molecule has 27 heavy (non-hydrogen) atoms. The van der Waals surface area contributed by atoms with Crippen molar-refractivity contribution >= 4 is 17.5 Å². The number of nitro benzene ring substituents is 1. The second kappa shape index (κ2) is 8.40. The van der Waals surface area contributed by atoms with E-state index in [2.05, 4.69) is 4.84 Å². The van der Waals surface area contributed by atoms with Crippen molar-refractivity contribution < 1.29 is 29.2 Å². The topological polar surface area (TPSA) is 145 Å². The van der Waals surface area contributed by atoms with Crippen molar-refractivity contribution in [2.45, 2.75) is 6.42 Å². The molecule has 0 unspecified atom stereocenters. The first-order chi connectivity index (χ1) is 12.7. The van der Waals surface area contributed by atoms with Gasteiger partial charge in [0.05, 0.1) is 23.6 Å². The summed E-state index contributed by atoms with van der Waals surface area (Å²) in [5, 5.41) is 20.6. The molecule has 0 aliphatic carbocycles. The van der Waals surface area contributed by atoms with Gasteiger partial charge in [-0.15, -0.1) is 10.1 Å². The average molecular weight is 382 g/mol. The number of amides is 2. The van der Waals surface area contributed by atoms with E-state index in [4.69, 9.17) is 4.74 Å². The molecule has 146 valence electrons. The third-order valence-electron chi connectivity index (χ3n) is 3.78. The van der Waals surface area contributed by atoms with Crippen molar-refractivity contribution in [3.05, 3.63) is 43.5 Å². The summed E-state index contributed by atoms with van der Waals surface area (Å²) in [6.45, 7) is -0.0234. The average Bonchev–Trinajstić information content (AvgIpc) is 2.82. The molecule has 0 fully saturated rings. The molecule has 0 bridgehead atoms. The molecule has 1 heterocycles. The van der Waals surface area contributed by atoms with E-state index in [9.17, 15) is 29.8 Å². The van der Waals surface area contributed by atoms with E-state index in [1.54, 1.807) is 0 Å². The lowest BCUT2D eigenvalue weighted by Gasteiger charge is -2.12. The van der Waals surface area contributed by atoms with Crippen LogP contribution < -0.4 is 4.74 Å². The molecule has 2 amide bonds. The Bertz CT molecular complexity index is 779. The van der Waals surface area contributed by atoms with Crippen LogP contribution in [-0.4, -0.2) is 72.0 Å². The van der Waals surface area contributed by atoms with Gasteiger partial charge in [0.2, 0.25) is 0 Å². The molecule has 0 saturated heterocycles. The van der Waals surface area contributed by atoms with Crippen molar-refractivity contribution in [2.24, 2.45) is 0 Å². The van der Waals surface area contributed by atoms with Crippen molar-refractivity contribution in [3.63, 3.8) is 0 Å². The largest absolute Gasteiger partial charge is 0.487 e. The molecule has 0 atom stereocenters. The summed E-state index contributed by atoms with van der Waals surface area (Å²) in [7, 11) is 3.75. The third-order valence-corrected chi connectivity index (χ3v) is 3.78. The van der Waals surface area contributed by atoms with Gasteiger partial charge in [-0.3, -0.25) is 24.6 Å². The Morgan fingerprint density at radius 3 is 2.41 bits per heavy atom. The standard InChI is InChI=1S/C15H18N4O8/c1-16(2)6-3-8-26-11-5-4-10-12(13(11)18(22)23)15(21)17(14(10)20)7-9-27-19(24)25/h4-5H,3,6-9H2,1-2H3. The maximum absolute atomic E-state index is 12.5. The Balaban J connectivity index is 2.24. The van der Waals surface area contributed by atoms with E-state index >= 15 is 0 Å². The maximum atomic E-state index is 12.5. The third kappa shape index (κ3) is 4.47. The fourth-order valence-corrected chi connectivity index (χ4v) is 2.61. The highest BCUT2D eigenvalue weighted by Crippen LogP contribution is 2.38. The molecular weight excluding hydrogens is 364 g/mol. The van der Waals surface area contributed by atoms with Gasteiger partial charge >= 0.3 is 5.69 Å². The molecule has 2 rings (SSSR count). The zero-order valence-corrected chi connectivity index (χ0v) is 14.7. The zero-order chi connectivity index (χ0) is 20.1. The minimum Gasteiger partial charge on any atom is -0.487 e. The van der Waals surface area contributed by atoms with Crippen LogP contribution in [0.1, 0.15) is 27.1 Å². The molecular formula is C15H18N4O8. The number of fused-ring (bicyclic) bond motifs is 1. The fraction of sp³-hybridized carbons (Fsp3) is 0.467. The van der Waals surface area contributed by atoms with Gasteiger partial charge in [-0.1, -0.05) is 0 Å². The number of rotatable bonds is 10. The van der Waals surface area contributed by atoms with Gasteiger partial charge in [-0.05, 0) is 32.6 Å². The molecule has 0 spiro atoms. The molecule has 0 aromatic heterocycles. The van der Waals surface area contributed by atoms with Crippen molar-refractivity contribution in [1.82, 2.24) is 9.80 Å². The summed E-state index contributed by atoms with van der Waals surface area (Å²) < 4.78 is 5.44. The number of nitro groups is 1. The first-order valence-corrected chi connectivity index (χ1v) is 7.96. The van der Waals surface area contributed by atoms with E-state index in [0.717, 1.165) is 0 Å². The molecule has 1 aromatic carbocycles. The molecule has 12 nitrogen and oxygen atoms in total. The lowest BCUT2D eigenvalue weighted by atomic mass is 10.1. The number of ether oxygens (including phenoxy) is 1. The van der Waals surface area contributed by atoms with Crippen LogP contribution in [0.2, 0.25) is 0 Å². The molecule has 0 saturated carbocycles. The summed E-state index contributed by atoms with van der Waals surface area (Å²) in [6, 6.07) is 2.55.